The molecule has 0 aliphatic carbocycles. The molecule has 0 amide bonds. The smallest absolute Gasteiger partial charge is 0.315 e. The molecule has 0 fully saturated rings. The van der Waals surface area contributed by atoms with Gasteiger partial charge in [-0.15, -0.1) is 0 Å². The molecule has 0 unspecified atom stereocenters. The Bertz CT molecular complexity index is 973. The highest BCUT2D eigenvalue weighted by atomic mass is 16.8. The van der Waals surface area contributed by atoms with E-state index in [-0.39, 0.29) is 0 Å². The van der Waals surface area contributed by atoms with Crippen LogP contribution in [-0.2, 0) is 9.47 Å². The lowest BCUT2D eigenvalue weighted by molar-refractivity contribution is -0.247. The molecular weight excluding hydrogens is 528 g/mol. The first-order valence-electron chi connectivity index (χ1n) is 17.3. The van der Waals surface area contributed by atoms with Crippen LogP contribution >= 0.6 is 0 Å². The van der Waals surface area contributed by atoms with Gasteiger partial charge in [0, 0.05) is 0 Å². The van der Waals surface area contributed by atoms with Crippen molar-refractivity contribution < 1.29 is 14.2 Å². The summed E-state index contributed by atoms with van der Waals surface area (Å²) in [6.07, 6.45) is 20.4. The van der Waals surface area contributed by atoms with Crippen molar-refractivity contribution >= 4 is 0 Å². The van der Waals surface area contributed by atoms with Crippen LogP contribution in [0, 0.1) is 5.92 Å². The summed E-state index contributed by atoms with van der Waals surface area (Å²) in [6.45, 7) is 5.19. The zero-order valence-electron chi connectivity index (χ0n) is 27.1. The third-order valence-electron chi connectivity index (χ3n) is 8.00. The molecule has 0 saturated heterocycles. The number of hydrogen-bond acceptors (Lipinski definition) is 3. The molecule has 3 aromatic rings. The number of hydrogen-bond donors (Lipinski definition) is 0. The Morgan fingerprint density at radius 3 is 1.23 bits per heavy atom. The molecular formula is C40H57O3. The third kappa shape index (κ3) is 14.6. The standard InChI is InChI=1S/C40H57O3/c1-3-5-7-9-11-13-15-23-33-41-40(42-34-24-16-14-12-10-8-6-4-2)43-38-31-29-37(30-32-38)39(35-25-19-17-20-26-35)36-27-21-18-22-28-36/h17-22,25-32,40H,3-16,23-24,33-34H2,1-2H3. The van der Waals surface area contributed by atoms with Crippen molar-refractivity contribution in [3.05, 3.63) is 108 Å². The highest BCUT2D eigenvalue weighted by molar-refractivity contribution is 5.57. The Kier molecular flexibility index (Phi) is 18.5. The summed E-state index contributed by atoms with van der Waals surface area (Å²) < 4.78 is 18.5. The van der Waals surface area contributed by atoms with Crippen LogP contribution in [0.4, 0.5) is 0 Å². The molecule has 0 heterocycles. The van der Waals surface area contributed by atoms with E-state index >= 15 is 0 Å². The second kappa shape index (κ2) is 22.9. The second-order valence-electron chi connectivity index (χ2n) is 11.7. The number of rotatable bonds is 25. The fourth-order valence-electron chi connectivity index (χ4n) is 5.47. The van der Waals surface area contributed by atoms with Crippen molar-refractivity contribution in [1.29, 1.82) is 0 Å². The summed E-state index contributed by atoms with van der Waals surface area (Å²) >= 11 is 0. The first-order valence-corrected chi connectivity index (χ1v) is 17.3. The van der Waals surface area contributed by atoms with E-state index in [2.05, 4.69) is 86.6 Å². The summed E-state index contributed by atoms with van der Waals surface area (Å²) in [7, 11) is 0. The molecule has 3 nitrogen and oxygen atoms in total. The lowest BCUT2D eigenvalue weighted by Crippen LogP contribution is -2.25. The topological polar surface area (TPSA) is 27.7 Å². The van der Waals surface area contributed by atoms with Gasteiger partial charge in [-0.25, -0.2) is 0 Å². The van der Waals surface area contributed by atoms with Crippen molar-refractivity contribution in [2.45, 2.75) is 123 Å². The van der Waals surface area contributed by atoms with Crippen LogP contribution in [-0.4, -0.2) is 19.7 Å². The van der Waals surface area contributed by atoms with Gasteiger partial charge >= 0.3 is 6.48 Å². The SMILES string of the molecule is CCCCCCCCCCOC(OCCCCCCCCCC)Oc1ccc([C](c2ccccc2)c2ccccc2)cc1. The molecule has 3 rings (SSSR count). The zero-order chi connectivity index (χ0) is 30.2. The molecule has 43 heavy (non-hydrogen) atoms. The molecule has 0 atom stereocenters. The van der Waals surface area contributed by atoms with E-state index < -0.39 is 6.48 Å². The number of unbranched alkanes of at least 4 members (excludes halogenated alkanes) is 14. The Balaban J connectivity index is 1.53. The summed E-state index contributed by atoms with van der Waals surface area (Å²) in [5, 5.41) is 0. The van der Waals surface area contributed by atoms with Crippen molar-refractivity contribution in [3.63, 3.8) is 0 Å². The van der Waals surface area contributed by atoms with Gasteiger partial charge in [0.15, 0.2) is 0 Å². The van der Waals surface area contributed by atoms with Gasteiger partial charge in [0.2, 0.25) is 0 Å². The third-order valence-corrected chi connectivity index (χ3v) is 8.00. The zero-order valence-corrected chi connectivity index (χ0v) is 27.1. The van der Waals surface area contributed by atoms with Gasteiger partial charge in [0.05, 0.1) is 19.1 Å². The first kappa shape index (κ1) is 34.9. The maximum atomic E-state index is 6.25. The van der Waals surface area contributed by atoms with Gasteiger partial charge in [-0.1, -0.05) is 177 Å². The van der Waals surface area contributed by atoms with Crippen molar-refractivity contribution in [2.75, 3.05) is 13.2 Å². The number of ether oxygens (including phenoxy) is 3. The van der Waals surface area contributed by atoms with E-state index in [1.54, 1.807) is 0 Å². The predicted octanol–water partition coefficient (Wildman–Crippen LogP) is 11.7. The quantitative estimate of drug-likeness (QED) is 0.0562. The fraction of sp³-hybridized carbons (Fsp3) is 0.525. The molecule has 0 spiro atoms. The largest absolute Gasteiger partial charge is 0.441 e. The minimum Gasteiger partial charge on any atom is -0.441 e. The molecule has 3 aromatic carbocycles. The average Bonchev–Trinajstić information content (AvgIpc) is 3.05. The van der Waals surface area contributed by atoms with Crippen molar-refractivity contribution in [3.8, 4) is 5.75 Å². The predicted molar refractivity (Wildman–Crippen MR) is 181 cm³/mol. The Morgan fingerprint density at radius 1 is 0.442 bits per heavy atom. The Morgan fingerprint density at radius 2 is 0.814 bits per heavy atom. The average molecular weight is 586 g/mol. The lowest BCUT2D eigenvalue weighted by Gasteiger charge is -2.21. The van der Waals surface area contributed by atoms with Crippen LogP contribution in [0.1, 0.15) is 133 Å². The molecule has 0 aliphatic rings. The van der Waals surface area contributed by atoms with Gasteiger partial charge < -0.3 is 14.2 Å². The van der Waals surface area contributed by atoms with E-state index in [0.29, 0.717) is 13.2 Å². The van der Waals surface area contributed by atoms with Crippen LogP contribution in [0.25, 0.3) is 0 Å². The van der Waals surface area contributed by atoms with E-state index in [0.717, 1.165) is 24.2 Å². The van der Waals surface area contributed by atoms with Gasteiger partial charge in [0.1, 0.15) is 5.75 Å². The molecule has 0 aliphatic heterocycles. The van der Waals surface area contributed by atoms with E-state index in [1.807, 2.05) is 12.1 Å². The van der Waals surface area contributed by atoms with Gasteiger partial charge in [-0.05, 0) is 41.7 Å². The summed E-state index contributed by atoms with van der Waals surface area (Å²) in [5.74, 6) is 1.97. The van der Waals surface area contributed by atoms with E-state index in [1.165, 1.54) is 107 Å². The highest BCUT2D eigenvalue weighted by Gasteiger charge is 2.18. The van der Waals surface area contributed by atoms with E-state index in [4.69, 9.17) is 14.2 Å². The van der Waals surface area contributed by atoms with Crippen molar-refractivity contribution in [2.24, 2.45) is 0 Å². The van der Waals surface area contributed by atoms with Gasteiger partial charge in [-0.2, -0.15) is 0 Å². The Labute approximate surface area is 263 Å². The van der Waals surface area contributed by atoms with E-state index in [9.17, 15) is 0 Å². The minimum absolute atomic E-state index is 0.662. The number of benzene rings is 3. The van der Waals surface area contributed by atoms with Crippen LogP contribution < -0.4 is 4.74 Å². The molecule has 3 heteroatoms. The van der Waals surface area contributed by atoms with Crippen LogP contribution in [0.2, 0.25) is 0 Å². The summed E-state index contributed by atoms with van der Waals surface area (Å²) in [4.78, 5) is 0. The van der Waals surface area contributed by atoms with Crippen LogP contribution in [0.3, 0.4) is 0 Å². The first-order chi connectivity index (χ1) is 21.3. The summed E-state index contributed by atoms with van der Waals surface area (Å²) in [5.41, 5.74) is 3.55. The highest BCUT2D eigenvalue weighted by Crippen LogP contribution is 2.32. The van der Waals surface area contributed by atoms with Crippen LogP contribution in [0.5, 0.6) is 5.75 Å². The molecule has 0 N–H and O–H groups in total. The molecule has 0 saturated carbocycles. The van der Waals surface area contributed by atoms with Crippen molar-refractivity contribution in [1.82, 2.24) is 0 Å². The lowest BCUT2D eigenvalue weighted by atomic mass is 9.85. The monoisotopic (exact) mass is 585 g/mol. The Hall–Kier alpha value is -2.62. The second-order valence-corrected chi connectivity index (χ2v) is 11.7. The fourth-order valence-corrected chi connectivity index (χ4v) is 5.47. The normalized spacial score (nSPS) is 11.4. The maximum absolute atomic E-state index is 6.25. The van der Waals surface area contributed by atoms with Gasteiger partial charge in [0.25, 0.3) is 0 Å². The molecule has 1 radical (unpaired) electrons. The summed E-state index contributed by atoms with van der Waals surface area (Å²) in [6, 6.07) is 29.5. The molecule has 0 bridgehead atoms. The van der Waals surface area contributed by atoms with Gasteiger partial charge in [-0.3, -0.25) is 0 Å². The molecule has 0 aromatic heterocycles. The molecule has 235 valence electrons. The maximum Gasteiger partial charge on any atom is 0.315 e. The van der Waals surface area contributed by atoms with Crippen LogP contribution in [0.15, 0.2) is 84.9 Å². The minimum atomic E-state index is -0.674.